The van der Waals surface area contributed by atoms with E-state index in [2.05, 4.69) is 31.2 Å². The highest BCUT2D eigenvalue weighted by Crippen LogP contribution is 2.15. The third-order valence-corrected chi connectivity index (χ3v) is 5.91. The van der Waals surface area contributed by atoms with E-state index in [1.54, 1.807) is 5.56 Å². The summed E-state index contributed by atoms with van der Waals surface area (Å²) in [7, 11) is 0. The first-order chi connectivity index (χ1) is 13.3. The summed E-state index contributed by atoms with van der Waals surface area (Å²) in [6.07, 6.45) is 25.4. The van der Waals surface area contributed by atoms with Crippen LogP contribution in [-0.4, -0.2) is 6.54 Å². The van der Waals surface area contributed by atoms with E-state index in [0.29, 0.717) is 0 Å². The van der Waals surface area contributed by atoms with E-state index in [1.807, 2.05) is 0 Å². The summed E-state index contributed by atoms with van der Waals surface area (Å²) in [5.41, 5.74) is 8.52. The van der Waals surface area contributed by atoms with Gasteiger partial charge >= 0.3 is 0 Å². The summed E-state index contributed by atoms with van der Waals surface area (Å²) in [5, 5.41) is 0. The van der Waals surface area contributed by atoms with Crippen molar-refractivity contribution in [1.29, 1.82) is 0 Å². The maximum absolute atomic E-state index is 5.52. The molecule has 0 spiro atoms. The topological polar surface area (TPSA) is 26.0 Å². The standard InChI is InChI=1S/C26H47N/c1-25-21-18-19-23-26(25)22-17-15-13-11-9-7-5-3-2-4-6-8-10-12-14-16-20-24-27/h18-19,21,23H,2-17,20,22,24,27H2,1H3. The lowest BCUT2D eigenvalue weighted by molar-refractivity contribution is 0.526. The van der Waals surface area contributed by atoms with Crippen molar-refractivity contribution in [1.82, 2.24) is 0 Å². The molecule has 0 aliphatic heterocycles. The zero-order valence-electron chi connectivity index (χ0n) is 18.3. The van der Waals surface area contributed by atoms with Crippen molar-refractivity contribution in [3.8, 4) is 0 Å². The molecule has 0 unspecified atom stereocenters. The van der Waals surface area contributed by atoms with E-state index < -0.39 is 0 Å². The van der Waals surface area contributed by atoms with Gasteiger partial charge in [-0.25, -0.2) is 0 Å². The number of benzene rings is 1. The first-order valence-electron chi connectivity index (χ1n) is 12.1. The fraction of sp³-hybridized carbons (Fsp3) is 0.769. The van der Waals surface area contributed by atoms with Gasteiger partial charge in [0.15, 0.2) is 0 Å². The van der Waals surface area contributed by atoms with Gasteiger partial charge in [0.05, 0.1) is 0 Å². The fourth-order valence-electron chi connectivity index (χ4n) is 4.00. The molecule has 0 bridgehead atoms. The second-order valence-electron chi connectivity index (χ2n) is 8.48. The molecule has 1 rings (SSSR count). The van der Waals surface area contributed by atoms with E-state index in [0.717, 1.165) is 6.54 Å². The third-order valence-electron chi connectivity index (χ3n) is 5.91. The van der Waals surface area contributed by atoms with Gasteiger partial charge in [-0.1, -0.05) is 121 Å². The van der Waals surface area contributed by atoms with E-state index in [4.69, 9.17) is 5.73 Å². The van der Waals surface area contributed by atoms with Gasteiger partial charge in [0.2, 0.25) is 0 Å². The Morgan fingerprint density at radius 1 is 0.519 bits per heavy atom. The largest absolute Gasteiger partial charge is 0.330 e. The lowest BCUT2D eigenvalue weighted by Crippen LogP contribution is -1.97. The summed E-state index contributed by atoms with van der Waals surface area (Å²) in [5.74, 6) is 0. The van der Waals surface area contributed by atoms with E-state index in [-0.39, 0.29) is 0 Å². The highest BCUT2D eigenvalue weighted by molar-refractivity contribution is 5.25. The van der Waals surface area contributed by atoms with Crippen molar-refractivity contribution in [2.75, 3.05) is 6.54 Å². The van der Waals surface area contributed by atoms with Gasteiger partial charge in [0.1, 0.15) is 0 Å². The van der Waals surface area contributed by atoms with Crippen LogP contribution in [0.1, 0.15) is 120 Å². The first kappa shape index (κ1) is 24.2. The monoisotopic (exact) mass is 373 g/mol. The zero-order valence-corrected chi connectivity index (χ0v) is 18.3. The Labute approximate surface area is 170 Å². The van der Waals surface area contributed by atoms with Crippen LogP contribution >= 0.6 is 0 Å². The summed E-state index contributed by atoms with van der Waals surface area (Å²) in [6, 6.07) is 8.84. The Morgan fingerprint density at radius 3 is 1.30 bits per heavy atom. The lowest BCUT2D eigenvalue weighted by Gasteiger charge is -2.06. The van der Waals surface area contributed by atoms with Crippen LogP contribution in [0.15, 0.2) is 24.3 Å². The lowest BCUT2D eigenvalue weighted by atomic mass is 10.0. The maximum atomic E-state index is 5.52. The number of unbranched alkanes of at least 4 members (excludes halogenated alkanes) is 16. The van der Waals surface area contributed by atoms with Crippen LogP contribution in [0, 0.1) is 6.92 Å². The first-order valence-corrected chi connectivity index (χ1v) is 12.1. The van der Waals surface area contributed by atoms with E-state index in [9.17, 15) is 0 Å². The predicted octanol–water partition coefficient (Wildman–Crippen LogP) is 8.13. The molecule has 2 N–H and O–H groups in total. The van der Waals surface area contributed by atoms with Gasteiger partial charge in [0.25, 0.3) is 0 Å². The van der Waals surface area contributed by atoms with Gasteiger partial charge in [-0.15, -0.1) is 0 Å². The predicted molar refractivity (Wildman–Crippen MR) is 122 cm³/mol. The number of hydrogen-bond donors (Lipinski definition) is 1. The highest BCUT2D eigenvalue weighted by atomic mass is 14.5. The molecule has 0 radical (unpaired) electrons. The number of aryl methyl sites for hydroxylation is 2. The molecule has 0 saturated heterocycles. The van der Waals surface area contributed by atoms with Crippen molar-refractivity contribution in [2.45, 2.75) is 122 Å². The average molecular weight is 374 g/mol. The van der Waals surface area contributed by atoms with Gasteiger partial charge < -0.3 is 5.73 Å². The summed E-state index contributed by atoms with van der Waals surface area (Å²) in [6.45, 7) is 3.11. The molecule has 0 saturated carbocycles. The van der Waals surface area contributed by atoms with Crippen LogP contribution in [0.25, 0.3) is 0 Å². The molecule has 0 aliphatic rings. The van der Waals surface area contributed by atoms with Gasteiger partial charge in [-0.2, -0.15) is 0 Å². The van der Waals surface area contributed by atoms with Crippen molar-refractivity contribution >= 4 is 0 Å². The average Bonchev–Trinajstić information content (AvgIpc) is 2.68. The third kappa shape index (κ3) is 14.9. The van der Waals surface area contributed by atoms with Crippen LogP contribution in [0.3, 0.4) is 0 Å². The van der Waals surface area contributed by atoms with Crippen LogP contribution in [-0.2, 0) is 6.42 Å². The minimum absolute atomic E-state index is 0.869. The Balaban J connectivity index is 1.73. The summed E-state index contributed by atoms with van der Waals surface area (Å²) < 4.78 is 0. The normalized spacial score (nSPS) is 11.2. The van der Waals surface area contributed by atoms with Gasteiger partial charge in [0, 0.05) is 0 Å². The Morgan fingerprint density at radius 2 is 0.889 bits per heavy atom. The fourth-order valence-corrected chi connectivity index (χ4v) is 4.00. The van der Waals surface area contributed by atoms with Crippen molar-refractivity contribution < 1.29 is 0 Å². The smallest absolute Gasteiger partial charge is 0.00773 e. The maximum Gasteiger partial charge on any atom is -0.00773 e. The molecule has 156 valence electrons. The van der Waals surface area contributed by atoms with Crippen LogP contribution in [0.5, 0.6) is 0 Å². The molecule has 1 nitrogen and oxygen atoms in total. The Hall–Kier alpha value is -0.820. The molecule has 1 heteroatoms. The molecule has 0 amide bonds. The highest BCUT2D eigenvalue weighted by Gasteiger charge is 1.98. The quantitative estimate of drug-likeness (QED) is 0.243. The number of nitrogens with two attached hydrogens (primary N) is 1. The van der Waals surface area contributed by atoms with E-state index in [1.165, 1.54) is 121 Å². The Kier molecular flexibility index (Phi) is 16.6. The van der Waals surface area contributed by atoms with Gasteiger partial charge in [-0.05, 0) is 43.9 Å². The van der Waals surface area contributed by atoms with Crippen molar-refractivity contribution in [3.05, 3.63) is 35.4 Å². The van der Waals surface area contributed by atoms with Crippen LogP contribution < -0.4 is 5.73 Å². The van der Waals surface area contributed by atoms with Crippen molar-refractivity contribution in [2.24, 2.45) is 5.73 Å². The van der Waals surface area contributed by atoms with Crippen LogP contribution in [0.4, 0.5) is 0 Å². The zero-order chi connectivity index (χ0) is 19.4. The summed E-state index contributed by atoms with van der Waals surface area (Å²) >= 11 is 0. The molecule has 27 heavy (non-hydrogen) atoms. The molecular formula is C26H47N. The second kappa shape index (κ2) is 18.5. The minimum atomic E-state index is 0.869. The molecular weight excluding hydrogens is 326 g/mol. The second-order valence-corrected chi connectivity index (χ2v) is 8.48. The van der Waals surface area contributed by atoms with E-state index >= 15 is 0 Å². The molecule has 1 aromatic rings. The molecule has 0 atom stereocenters. The summed E-state index contributed by atoms with van der Waals surface area (Å²) in [4.78, 5) is 0. The van der Waals surface area contributed by atoms with Crippen molar-refractivity contribution in [3.63, 3.8) is 0 Å². The molecule has 0 aliphatic carbocycles. The SMILES string of the molecule is Cc1ccccc1CCCCCCCCCCCCCCCCCCCN. The molecule has 0 aromatic heterocycles. The Bertz CT molecular complexity index is 426. The molecule has 0 heterocycles. The number of rotatable bonds is 19. The molecule has 0 fully saturated rings. The molecule has 1 aromatic carbocycles. The number of hydrogen-bond acceptors (Lipinski definition) is 1. The minimum Gasteiger partial charge on any atom is -0.330 e. The van der Waals surface area contributed by atoms with Gasteiger partial charge in [-0.3, -0.25) is 0 Å². The van der Waals surface area contributed by atoms with Crippen LogP contribution in [0.2, 0.25) is 0 Å².